The number of rotatable bonds is 4. The van der Waals surface area contributed by atoms with Gasteiger partial charge in [0, 0.05) is 5.92 Å². The van der Waals surface area contributed by atoms with Gasteiger partial charge in [0.25, 0.3) is 0 Å². The zero-order valence-electron chi connectivity index (χ0n) is 11.0. The number of carbonyl (C=O) groups is 1. The Balaban J connectivity index is 2.63. The molecule has 0 saturated carbocycles. The van der Waals surface area contributed by atoms with Crippen LogP contribution in [0.4, 0.5) is 0 Å². The SMILES string of the molecule is CC1=CC[C@@H](C(C)(C)O/N=C(/C)C(=O)O)CC1. The van der Waals surface area contributed by atoms with Crippen LogP contribution in [0.15, 0.2) is 16.8 Å². The van der Waals surface area contributed by atoms with Gasteiger partial charge in [-0.15, -0.1) is 0 Å². The van der Waals surface area contributed by atoms with E-state index in [1.807, 2.05) is 13.8 Å². The maximum absolute atomic E-state index is 10.6. The molecular formula is C13H21NO3. The molecule has 0 unspecified atom stereocenters. The van der Waals surface area contributed by atoms with Crippen LogP contribution in [0, 0.1) is 5.92 Å². The quantitative estimate of drug-likeness (QED) is 0.466. The first kappa shape index (κ1) is 13.7. The van der Waals surface area contributed by atoms with Gasteiger partial charge in [-0.25, -0.2) is 4.79 Å². The Morgan fingerprint density at radius 2 is 2.24 bits per heavy atom. The average Bonchev–Trinajstić information content (AvgIpc) is 2.26. The average molecular weight is 239 g/mol. The largest absolute Gasteiger partial charge is 0.477 e. The number of allylic oxidation sites excluding steroid dienone is 2. The molecule has 4 heteroatoms. The molecule has 0 aromatic heterocycles. The van der Waals surface area contributed by atoms with Crippen LogP contribution < -0.4 is 0 Å². The number of carboxylic acids is 1. The van der Waals surface area contributed by atoms with Crippen molar-refractivity contribution in [1.82, 2.24) is 0 Å². The highest BCUT2D eigenvalue weighted by Gasteiger charge is 2.32. The smallest absolute Gasteiger partial charge is 0.353 e. The van der Waals surface area contributed by atoms with E-state index >= 15 is 0 Å². The fraction of sp³-hybridized carbons (Fsp3) is 0.692. The van der Waals surface area contributed by atoms with Crippen molar-refractivity contribution in [3.8, 4) is 0 Å². The third-order valence-electron chi connectivity index (χ3n) is 3.35. The molecule has 0 aromatic carbocycles. The van der Waals surface area contributed by atoms with Gasteiger partial charge in [-0.3, -0.25) is 0 Å². The molecule has 4 nitrogen and oxygen atoms in total. The summed E-state index contributed by atoms with van der Waals surface area (Å²) in [6.45, 7) is 7.50. The Morgan fingerprint density at radius 1 is 1.59 bits per heavy atom. The Labute approximate surface area is 102 Å². The van der Waals surface area contributed by atoms with Crippen molar-refractivity contribution in [2.24, 2.45) is 11.1 Å². The first-order chi connectivity index (χ1) is 7.83. The van der Waals surface area contributed by atoms with Crippen molar-refractivity contribution in [1.29, 1.82) is 0 Å². The molecule has 1 rings (SSSR count). The molecule has 0 aliphatic heterocycles. The molecule has 17 heavy (non-hydrogen) atoms. The normalized spacial score (nSPS) is 22.0. The molecule has 0 heterocycles. The van der Waals surface area contributed by atoms with E-state index in [2.05, 4.69) is 18.2 Å². The summed E-state index contributed by atoms with van der Waals surface area (Å²) in [5.74, 6) is -0.656. The third kappa shape index (κ3) is 3.88. The van der Waals surface area contributed by atoms with Crippen LogP contribution in [0.1, 0.15) is 47.0 Å². The van der Waals surface area contributed by atoms with Crippen molar-refractivity contribution < 1.29 is 14.7 Å². The van der Waals surface area contributed by atoms with Crippen LogP contribution in [0.3, 0.4) is 0 Å². The van der Waals surface area contributed by atoms with Crippen molar-refractivity contribution in [3.05, 3.63) is 11.6 Å². The van der Waals surface area contributed by atoms with E-state index in [0.717, 1.165) is 19.3 Å². The van der Waals surface area contributed by atoms with E-state index in [1.54, 1.807) is 0 Å². The first-order valence-corrected chi connectivity index (χ1v) is 5.94. The van der Waals surface area contributed by atoms with E-state index in [4.69, 9.17) is 9.94 Å². The summed E-state index contributed by atoms with van der Waals surface area (Å²) in [5.41, 5.74) is 0.983. The second kappa shape index (κ2) is 5.34. The molecule has 0 amide bonds. The van der Waals surface area contributed by atoms with Crippen molar-refractivity contribution >= 4 is 11.7 Å². The minimum atomic E-state index is -1.04. The van der Waals surface area contributed by atoms with Gasteiger partial charge >= 0.3 is 5.97 Å². The van der Waals surface area contributed by atoms with Gasteiger partial charge in [0.2, 0.25) is 0 Å². The van der Waals surface area contributed by atoms with E-state index in [-0.39, 0.29) is 5.71 Å². The number of carboxylic acid groups (broad SMARTS) is 1. The summed E-state index contributed by atoms with van der Waals surface area (Å²) in [4.78, 5) is 16.0. The number of nitrogens with zero attached hydrogens (tertiary/aromatic N) is 1. The van der Waals surface area contributed by atoms with E-state index in [1.165, 1.54) is 12.5 Å². The Morgan fingerprint density at radius 3 is 2.71 bits per heavy atom. The predicted octanol–water partition coefficient (Wildman–Crippen LogP) is 2.99. The zero-order chi connectivity index (χ0) is 13.1. The molecular weight excluding hydrogens is 218 g/mol. The molecule has 0 radical (unpaired) electrons. The molecule has 0 bridgehead atoms. The lowest BCUT2D eigenvalue weighted by molar-refractivity contribution is -0.130. The topological polar surface area (TPSA) is 58.9 Å². The monoisotopic (exact) mass is 239 g/mol. The van der Waals surface area contributed by atoms with Gasteiger partial charge < -0.3 is 9.94 Å². The van der Waals surface area contributed by atoms with Crippen molar-refractivity contribution in [3.63, 3.8) is 0 Å². The summed E-state index contributed by atoms with van der Waals surface area (Å²) < 4.78 is 0. The van der Waals surface area contributed by atoms with E-state index in [9.17, 15) is 4.79 Å². The Hall–Kier alpha value is -1.32. The summed E-state index contributed by atoms with van der Waals surface area (Å²) >= 11 is 0. The highest BCUT2D eigenvalue weighted by atomic mass is 16.6. The predicted molar refractivity (Wildman–Crippen MR) is 67.0 cm³/mol. The molecule has 96 valence electrons. The third-order valence-corrected chi connectivity index (χ3v) is 3.35. The summed E-state index contributed by atoms with van der Waals surface area (Å²) in [7, 11) is 0. The Kier molecular flexibility index (Phi) is 4.32. The number of hydrogen-bond acceptors (Lipinski definition) is 3. The van der Waals surface area contributed by atoms with Gasteiger partial charge in [0.1, 0.15) is 5.60 Å². The molecule has 1 N–H and O–H groups in total. The molecule has 0 aromatic rings. The number of aliphatic carboxylic acids is 1. The van der Waals surface area contributed by atoms with Crippen molar-refractivity contribution in [2.75, 3.05) is 0 Å². The minimum absolute atomic E-state index is 0.0133. The summed E-state index contributed by atoms with van der Waals surface area (Å²) in [6, 6.07) is 0. The lowest BCUT2D eigenvalue weighted by atomic mass is 9.80. The van der Waals surface area contributed by atoms with Gasteiger partial charge in [0.05, 0.1) is 0 Å². The first-order valence-electron chi connectivity index (χ1n) is 5.94. The van der Waals surface area contributed by atoms with Gasteiger partial charge in [-0.1, -0.05) is 16.8 Å². The second-order valence-corrected chi connectivity index (χ2v) is 5.20. The molecule has 0 saturated heterocycles. The van der Waals surface area contributed by atoms with Crippen molar-refractivity contribution in [2.45, 2.75) is 52.6 Å². The lowest BCUT2D eigenvalue weighted by Crippen LogP contribution is -2.34. The fourth-order valence-corrected chi connectivity index (χ4v) is 1.90. The van der Waals surface area contributed by atoms with Crippen LogP contribution in [-0.4, -0.2) is 22.4 Å². The number of oxime groups is 1. The lowest BCUT2D eigenvalue weighted by Gasteiger charge is -2.33. The fourth-order valence-electron chi connectivity index (χ4n) is 1.90. The Bertz CT molecular complexity index is 356. The standard InChI is InChI=1S/C13H21NO3/c1-9-5-7-11(8-6-9)13(3,4)17-14-10(2)12(15)16/h5,11H,6-8H2,1-4H3,(H,15,16)/b14-10-/t11-/m1/s1. The molecule has 1 aliphatic carbocycles. The van der Waals surface area contributed by atoms with Gasteiger partial charge in [-0.2, -0.15) is 0 Å². The molecule has 1 aliphatic rings. The second-order valence-electron chi connectivity index (χ2n) is 5.20. The van der Waals surface area contributed by atoms with Gasteiger partial charge in [0.15, 0.2) is 5.71 Å². The summed E-state index contributed by atoms with van der Waals surface area (Å²) in [6.07, 6.45) is 5.35. The van der Waals surface area contributed by atoms with Crippen LogP contribution in [-0.2, 0) is 9.63 Å². The van der Waals surface area contributed by atoms with Crippen LogP contribution in [0.5, 0.6) is 0 Å². The van der Waals surface area contributed by atoms with Crippen LogP contribution >= 0.6 is 0 Å². The van der Waals surface area contributed by atoms with Crippen LogP contribution in [0.2, 0.25) is 0 Å². The van der Waals surface area contributed by atoms with E-state index in [0.29, 0.717) is 5.92 Å². The maximum Gasteiger partial charge on any atom is 0.353 e. The zero-order valence-corrected chi connectivity index (χ0v) is 11.0. The molecule has 1 atom stereocenters. The van der Waals surface area contributed by atoms with Gasteiger partial charge in [-0.05, 0) is 47.0 Å². The maximum atomic E-state index is 10.6. The molecule has 0 spiro atoms. The van der Waals surface area contributed by atoms with E-state index < -0.39 is 11.6 Å². The van der Waals surface area contributed by atoms with Crippen LogP contribution in [0.25, 0.3) is 0 Å². The minimum Gasteiger partial charge on any atom is -0.477 e. The number of hydrogen-bond donors (Lipinski definition) is 1. The molecule has 0 fully saturated rings. The highest BCUT2D eigenvalue weighted by Crippen LogP contribution is 2.34. The highest BCUT2D eigenvalue weighted by molar-refractivity contribution is 6.34. The summed E-state index contributed by atoms with van der Waals surface area (Å²) in [5, 5.41) is 12.4.